The summed E-state index contributed by atoms with van der Waals surface area (Å²) < 4.78 is 42.4. The predicted molar refractivity (Wildman–Crippen MR) is 78.3 cm³/mol. The minimum atomic E-state index is -3.75. The van der Waals surface area contributed by atoms with Crippen LogP contribution in [0.5, 0.6) is 0 Å². The van der Waals surface area contributed by atoms with Gasteiger partial charge < -0.3 is 5.11 Å². The summed E-state index contributed by atoms with van der Waals surface area (Å²) in [7, 11) is -3.75. The van der Waals surface area contributed by atoms with E-state index >= 15 is 0 Å². The van der Waals surface area contributed by atoms with E-state index in [4.69, 9.17) is 0 Å². The maximum absolute atomic E-state index is 13.7. The summed E-state index contributed by atoms with van der Waals surface area (Å²) >= 11 is 0. The van der Waals surface area contributed by atoms with E-state index in [9.17, 15) is 17.9 Å². The van der Waals surface area contributed by atoms with Gasteiger partial charge in [0, 0.05) is 24.2 Å². The van der Waals surface area contributed by atoms with Gasteiger partial charge in [-0.2, -0.15) is 17.4 Å². The number of benzene rings is 1. The molecular weight excluding hydrogens is 295 g/mol. The summed E-state index contributed by atoms with van der Waals surface area (Å²) in [5.41, 5.74) is 0.304. The van der Waals surface area contributed by atoms with Gasteiger partial charge in [-0.3, -0.25) is 0 Å². The second kappa shape index (κ2) is 6.83. The van der Waals surface area contributed by atoms with Crippen LogP contribution in [0.2, 0.25) is 0 Å². The Morgan fingerprint density at radius 2 is 2.14 bits per heavy atom. The molecule has 1 fully saturated rings. The zero-order valence-corrected chi connectivity index (χ0v) is 12.8. The Balaban J connectivity index is 2.15. The second-order valence-electron chi connectivity index (χ2n) is 5.31. The van der Waals surface area contributed by atoms with Crippen molar-refractivity contribution in [3.8, 4) is 0 Å². The fourth-order valence-electron chi connectivity index (χ4n) is 2.65. The van der Waals surface area contributed by atoms with Gasteiger partial charge in [0.15, 0.2) is 0 Å². The van der Waals surface area contributed by atoms with Crippen LogP contribution in [-0.4, -0.2) is 37.0 Å². The molecule has 7 heteroatoms. The summed E-state index contributed by atoms with van der Waals surface area (Å²) in [5.74, 6) is -0.440. The van der Waals surface area contributed by atoms with Crippen LogP contribution in [0.4, 0.5) is 4.39 Å². The Morgan fingerprint density at radius 1 is 1.43 bits per heavy atom. The standard InChI is InChI=1S/C14H21FN2O3S/c1-11(13-7-2-3-8-14(13)15)16-21(19,20)17-9-5-4-6-12(17)10-18/h2-3,7-8,11-12,16,18H,4-6,9-10H2,1H3. The van der Waals surface area contributed by atoms with Crippen molar-refractivity contribution in [1.29, 1.82) is 0 Å². The Hall–Kier alpha value is -1.02. The summed E-state index contributed by atoms with van der Waals surface area (Å²) in [6, 6.07) is 5.02. The number of piperidine rings is 1. The van der Waals surface area contributed by atoms with Crippen LogP contribution in [-0.2, 0) is 10.2 Å². The normalized spacial score (nSPS) is 22.1. The maximum Gasteiger partial charge on any atom is 0.280 e. The number of aliphatic hydroxyl groups excluding tert-OH is 1. The van der Waals surface area contributed by atoms with Gasteiger partial charge in [-0.1, -0.05) is 24.6 Å². The largest absolute Gasteiger partial charge is 0.395 e. The van der Waals surface area contributed by atoms with Gasteiger partial charge >= 0.3 is 0 Å². The highest BCUT2D eigenvalue weighted by Crippen LogP contribution is 2.22. The molecule has 0 aromatic heterocycles. The second-order valence-corrected chi connectivity index (χ2v) is 6.96. The Bertz CT molecular complexity index is 579. The van der Waals surface area contributed by atoms with Gasteiger partial charge in [0.1, 0.15) is 5.82 Å². The molecule has 0 bridgehead atoms. The lowest BCUT2D eigenvalue weighted by molar-refractivity contribution is 0.153. The minimum absolute atomic E-state index is 0.199. The van der Waals surface area contributed by atoms with Crippen LogP contribution >= 0.6 is 0 Å². The van der Waals surface area contributed by atoms with E-state index in [0.29, 0.717) is 18.5 Å². The third-order valence-corrected chi connectivity index (χ3v) is 5.54. The van der Waals surface area contributed by atoms with Crippen LogP contribution in [0.15, 0.2) is 24.3 Å². The van der Waals surface area contributed by atoms with E-state index < -0.39 is 28.1 Å². The molecule has 0 saturated carbocycles. The van der Waals surface area contributed by atoms with Crippen LogP contribution in [0, 0.1) is 5.82 Å². The zero-order chi connectivity index (χ0) is 15.5. The van der Waals surface area contributed by atoms with E-state index in [2.05, 4.69) is 4.72 Å². The van der Waals surface area contributed by atoms with Crippen LogP contribution in [0.25, 0.3) is 0 Å². The molecule has 0 amide bonds. The molecule has 2 rings (SSSR count). The van der Waals surface area contributed by atoms with Crippen LogP contribution in [0.1, 0.15) is 37.8 Å². The molecule has 0 radical (unpaired) electrons. The Kier molecular flexibility index (Phi) is 5.32. The molecule has 1 aromatic carbocycles. The first-order valence-corrected chi connectivity index (χ1v) is 8.54. The highest BCUT2D eigenvalue weighted by atomic mass is 32.2. The Morgan fingerprint density at radius 3 is 2.81 bits per heavy atom. The molecule has 5 nitrogen and oxygen atoms in total. The van der Waals surface area contributed by atoms with Gasteiger partial charge in [0.2, 0.25) is 0 Å². The molecule has 1 heterocycles. The number of hydrogen-bond acceptors (Lipinski definition) is 3. The molecule has 1 aliphatic heterocycles. The van der Waals surface area contributed by atoms with Crippen molar-refractivity contribution >= 4 is 10.2 Å². The quantitative estimate of drug-likeness (QED) is 0.866. The third kappa shape index (κ3) is 3.79. The minimum Gasteiger partial charge on any atom is -0.395 e. The number of rotatable bonds is 5. The van der Waals surface area contributed by atoms with Crippen molar-refractivity contribution in [2.45, 2.75) is 38.3 Å². The maximum atomic E-state index is 13.7. The van der Waals surface area contributed by atoms with Crippen LogP contribution < -0.4 is 4.72 Å². The van der Waals surface area contributed by atoms with Crippen molar-refractivity contribution in [3.63, 3.8) is 0 Å². The van der Waals surface area contributed by atoms with Crippen molar-refractivity contribution in [2.24, 2.45) is 0 Å². The van der Waals surface area contributed by atoms with E-state index in [0.717, 1.165) is 12.8 Å². The predicted octanol–water partition coefficient (Wildman–Crippen LogP) is 1.57. The van der Waals surface area contributed by atoms with Gasteiger partial charge in [-0.25, -0.2) is 4.39 Å². The monoisotopic (exact) mass is 316 g/mol. The van der Waals surface area contributed by atoms with Crippen molar-refractivity contribution < 1.29 is 17.9 Å². The lowest BCUT2D eigenvalue weighted by Crippen LogP contribution is -2.50. The summed E-state index contributed by atoms with van der Waals surface area (Å²) in [6.45, 7) is 1.79. The van der Waals surface area contributed by atoms with E-state index in [-0.39, 0.29) is 6.61 Å². The first-order valence-electron chi connectivity index (χ1n) is 7.10. The number of hydrogen-bond donors (Lipinski definition) is 2. The zero-order valence-electron chi connectivity index (χ0n) is 12.0. The van der Waals surface area contributed by atoms with E-state index in [1.165, 1.54) is 10.4 Å². The Labute approximate surface area is 125 Å². The smallest absolute Gasteiger partial charge is 0.280 e. The average molecular weight is 316 g/mol. The summed E-state index contributed by atoms with van der Waals surface area (Å²) in [5, 5.41) is 9.33. The molecule has 1 saturated heterocycles. The van der Waals surface area contributed by atoms with Gasteiger partial charge in [-0.05, 0) is 25.8 Å². The summed E-state index contributed by atoms with van der Waals surface area (Å²) in [6.07, 6.45) is 2.32. The number of aliphatic hydroxyl groups is 1. The third-order valence-electron chi connectivity index (χ3n) is 3.79. The highest BCUT2D eigenvalue weighted by Gasteiger charge is 2.33. The topological polar surface area (TPSA) is 69.6 Å². The summed E-state index contributed by atoms with van der Waals surface area (Å²) in [4.78, 5) is 0. The number of nitrogens with zero attached hydrogens (tertiary/aromatic N) is 1. The molecule has 21 heavy (non-hydrogen) atoms. The van der Waals surface area contributed by atoms with Gasteiger partial charge in [-0.15, -0.1) is 0 Å². The van der Waals surface area contributed by atoms with Gasteiger partial charge in [0.25, 0.3) is 10.2 Å². The van der Waals surface area contributed by atoms with Crippen LogP contribution in [0.3, 0.4) is 0 Å². The first-order chi connectivity index (χ1) is 9.95. The SMILES string of the molecule is CC(NS(=O)(=O)N1CCCCC1CO)c1ccccc1F. The lowest BCUT2D eigenvalue weighted by Gasteiger charge is -2.34. The average Bonchev–Trinajstić information content (AvgIpc) is 2.47. The molecule has 0 spiro atoms. The van der Waals surface area contributed by atoms with Gasteiger partial charge in [0.05, 0.1) is 6.61 Å². The molecule has 1 aliphatic rings. The highest BCUT2D eigenvalue weighted by molar-refractivity contribution is 7.87. The number of halogens is 1. The number of nitrogens with one attached hydrogen (secondary N) is 1. The fourth-order valence-corrected chi connectivity index (χ4v) is 4.30. The van der Waals surface area contributed by atoms with Crippen molar-refractivity contribution in [2.75, 3.05) is 13.2 Å². The molecule has 2 unspecified atom stereocenters. The molecule has 2 atom stereocenters. The van der Waals surface area contributed by atoms with E-state index in [1.807, 2.05) is 0 Å². The lowest BCUT2D eigenvalue weighted by atomic mass is 10.1. The molecular formula is C14H21FN2O3S. The fraction of sp³-hybridized carbons (Fsp3) is 0.571. The molecule has 0 aliphatic carbocycles. The van der Waals surface area contributed by atoms with Crippen molar-refractivity contribution in [1.82, 2.24) is 9.03 Å². The van der Waals surface area contributed by atoms with Crippen molar-refractivity contribution in [3.05, 3.63) is 35.6 Å². The molecule has 2 N–H and O–H groups in total. The first kappa shape index (κ1) is 16.4. The molecule has 1 aromatic rings. The molecule has 118 valence electrons. The van der Waals surface area contributed by atoms with E-state index in [1.54, 1.807) is 25.1 Å².